The summed E-state index contributed by atoms with van der Waals surface area (Å²) in [6, 6.07) is 16.5. The van der Waals surface area contributed by atoms with E-state index in [0.717, 1.165) is 11.4 Å². The van der Waals surface area contributed by atoms with Gasteiger partial charge in [0.1, 0.15) is 24.0 Å². The van der Waals surface area contributed by atoms with E-state index in [1.165, 1.54) is 6.92 Å². The molecule has 1 aliphatic heterocycles. The number of Topliss-reactive ketones (excluding diaryl/α,β-unsaturated/α-hetero) is 1. The highest BCUT2D eigenvalue weighted by molar-refractivity contribution is 5.94. The largest absolute Gasteiger partial charge is 0.486 e. The number of carbonyl (C=O) groups is 1. The summed E-state index contributed by atoms with van der Waals surface area (Å²) < 4.78 is 6.08. The van der Waals surface area contributed by atoms with Crippen molar-refractivity contribution in [2.75, 3.05) is 11.4 Å². The first-order valence-electron chi connectivity index (χ1n) is 8.36. The van der Waals surface area contributed by atoms with Crippen LogP contribution in [0.4, 0.5) is 5.69 Å². The molecule has 0 N–H and O–H groups in total. The Morgan fingerprint density at radius 2 is 1.77 bits per heavy atom. The lowest BCUT2D eigenvalue weighted by Gasteiger charge is -2.55. The Morgan fingerprint density at radius 1 is 1.12 bits per heavy atom. The highest BCUT2D eigenvalue weighted by Gasteiger charge is 2.48. The molecule has 0 aromatic heterocycles. The second kappa shape index (κ2) is 6.54. The van der Waals surface area contributed by atoms with Gasteiger partial charge in [-0.25, -0.2) is 0 Å². The SMILES string of the molecule is CC(=O)c1ccc(O[C@@H]2CN(c3ccc(C#N)c(C#N)c3)C2(C)C)cc1. The lowest BCUT2D eigenvalue weighted by Crippen LogP contribution is -2.70. The highest BCUT2D eigenvalue weighted by Crippen LogP contribution is 2.38. The predicted octanol–water partition coefficient (Wildman–Crippen LogP) is 3.68. The van der Waals surface area contributed by atoms with Crippen molar-refractivity contribution in [2.45, 2.75) is 32.4 Å². The summed E-state index contributed by atoms with van der Waals surface area (Å²) in [4.78, 5) is 13.5. The third-order valence-corrected chi connectivity index (χ3v) is 4.93. The number of carbonyl (C=O) groups excluding carboxylic acids is 1. The Bertz CT molecular complexity index is 933. The van der Waals surface area contributed by atoms with Crippen LogP contribution in [0.25, 0.3) is 0 Å². The fraction of sp³-hybridized carbons (Fsp3) is 0.286. The first-order valence-corrected chi connectivity index (χ1v) is 8.36. The van der Waals surface area contributed by atoms with E-state index in [4.69, 9.17) is 10.00 Å². The van der Waals surface area contributed by atoms with Crippen LogP contribution in [0.1, 0.15) is 42.3 Å². The standard InChI is InChI=1S/C21H19N3O2/c1-14(25)15-5-8-19(9-6-15)26-20-13-24(21(20,2)3)18-7-4-16(11-22)17(10-18)12-23/h4-10,20H,13H2,1-3H3/t20-/m1/s1. The van der Waals surface area contributed by atoms with Gasteiger partial charge in [-0.15, -0.1) is 0 Å². The van der Waals surface area contributed by atoms with Crippen molar-refractivity contribution < 1.29 is 9.53 Å². The van der Waals surface area contributed by atoms with Gasteiger partial charge < -0.3 is 9.64 Å². The van der Waals surface area contributed by atoms with E-state index in [9.17, 15) is 10.1 Å². The number of ether oxygens (including phenoxy) is 1. The summed E-state index contributed by atoms with van der Waals surface area (Å²) >= 11 is 0. The molecular weight excluding hydrogens is 326 g/mol. The zero-order chi connectivity index (χ0) is 18.9. The maximum Gasteiger partial charge on any atom is 0.159 e. The van der Waals surface area contributed by atoms with Gasteiger partial charge in [-0.05, 0) is 63.2 Å². The van der Waals surface area contributed by atoms with E-state index < -0.39 is 0 Å². The van der Waals surface area contributed by atoms with Crippen LogP contribution in [0, 0.1) is 22.7 Å². The monoisotopic (exact) mass is 345 g/mol. The fourth-order valence-corrected chi connectivity index (χ4v) is 3.13. The summed E-state index contributed by atoms with van der Waals surface area (Å²) in [6.07, 6.45) is -0.0214. The molecule has 0 amide bonds. The molecule has 5 heteroatoms. The van der Waals surface area contributed by atoms with Crippen LogP contribution in [0.2, 0.25) is 0 Å². The minimum Gasteiger partial charge on any atom is -0.486 e. The smallest absolute Gasteiger partial charge is 0.159 e. The molecule has 1 atom stereocenters. The number of benzene rings is 2. The van der Waals surface area contributed by atoms with Crippen molar-refractivity contribution in [2.24, 2.45) is 0 Å². The second-order valence-corrected chi connectivity index (χ2v) is 6.90. The third-order valence-electron chi connectivity index (χ3n) is 4.93. The van der Waals surface area contributed by atoms with Gasteiger partial charge in [0.25, 0.3) is 0 Å². The summed E-state index contributed by atoms with van der Waals surface area (Å²) in [6.45, 7) is 6.37. The Kier molecular flexibility index (Phi) is 4.40. The van der Waals surface area contributed by atoms with Gasteiger partial charge in [0, 0.05) is 11.3 Å². The molecule has 5 nitrogen and oxygen atoms in total. The molecule has 0 aliphatic carbocycles. The van der Waals surface area contributed by atoms with Gasteiger partial charge in [0.15, 0.2) is 5.78 Å². The molecule has 1 heterocycles. The zero-order valence-corrected chi connectivity index (χ0v) is 15.0. The van der Waals surface area contributed by atoms with Crippen molar-refractivity contribution in [3.05, 3.63) is 59.2 Å². The van der Waals surface area contributed by atoms with Gasteiger partial charge in [0.2, 0.25) is 0 Å². The van der Waals surface area contributed by atoms with E-state index >= 15 is 0 Å². The number of nitriles is 2. The molecule has 0 unspecified atom stereocenters. The minimum absolute atomic E-state index is 0.0214. The molecular formula is C21H19N3O2. The number of rotatable bonds is 4. The van der Waals surface area contributed by atoms with Crippen molar-refractivity contribution >= 4 is 11.5 Å². The van der Waals surface area contributed by atoms with Crippen LogP contribution in [0.5, 0.6) is 5.75 Å². The molecule has 0 saturated carbocycles. The van der Waals surface area contributed by atoms with E-state index in [1.807, 2.05) is 24.3 Å². The molecule has 1 saturated heterocycles. The zero-order valence-electron chi connectivity index (χ0n) is 15.0. The Morgan fingerprint density at radius 3 is 2.31 bits per heavy atom. The topological polar surface area (TPSA) is 77.1 Å². The van der Waals surface area contributed by atoms with E-state index in [-0.39, 0.29) is 17.4 Å². The first-order chi connectivity index (χ1) is 12.4. The van der Waals surface area contributed by atoms with Crippen LogP contribution in [0.3, 0.4) is 0 Å². The molecule has 130 valence electrons. The molecule has 1 fully saturated rings. The van der Waals surface area contributed by atoms with Crippen LogP contribution in [0.15, 0.2) is 42.5 Å². The van der Waals surface area contributed by atoms with Crippen LogP contribution < -0.4 is 9.64 Å². The second-order valence-electron chi connectivity index (χ2n) is 6.90. The molecule has 2 aromatic carbocycles. The van der Waals surface area contributed by atoms with Gasteiger partial charge in [-0.3, -0.25) is 4.79 Å². The number of hydrogen-bond donors (Lipinski definition) is 0. The maximum absolute atomic E-state index is 11.4. The lowest BCUT2D eigenvalue weighted by molar-refractivity contribution is 0.0651. The van der Waals surface area contributed by atoms with Crippen molar-refractivity contribution in [3.8, 4) is 17.9 Å². The van der Waals surface area contributed by atoms with Gasteiger partial charge in [-0.1, -0.05) is 0 Å². The third kappa shape index (κ3) is 3.00. The summed E-state index contributed by atoms with van der Waals surface area (Å²) in [7, 11) is 0. The maximum atomic E-state index is 11.4. The van der Waals surface area contributed by atoms with E-state index in [0.29, 0.717) is 23.2 Å². The summed E-state index contributed by atoms with van der Waals surface area (Å²) in [5, 5.41) is 18.3. The Balaban J connectivity index is 1.75. The first kappa shape index (κ1) is 17.5. The van der Waals surface area contributed by atoms with Gasteiger partial charge in [0.05, 0.1) is 23.2 Å². The van der Waals surface area contributed by atoms with Gasteiger partial charge >= 0.3 is 0 Å². The normalized spacial score (nSPS) is 17.6. The average Bonchev–Trinajstić information content (AvgIpc) is 2.64. The van der Waals surface area contributed by atoms with Crippen molar-refractivity contribution in [1.29, 1.82) is 10.5 Å². The number of nitrogens with zero attached hydrogens (tertiary/aromatic N) is 3. The van der Waals surface area contributed by atoms with Gasteiger partial charge in [-0.2, -0.15) is 10.5 Å². The van der Waals surface area contributed by atoms with Crippen LogP contribution >= 0.6 is 0 Å². The quantitative estimate of drug-likeness (QED) is 0.790. The molecule has 0 bridgehead atoms. The van der Waals surface area contributed by atoms with Crippen LogP contribution in [-0.2, 0) is 0 Å². The molecule has 26 heavy (non-hydrogen) atoms. The summed E-state index contributed by atoms with van der Waals surface area (Å²) in [5.41, 5.74) is 2.06. The predicted molar refractivity (Wildman–Crippen MR) is 98.2 cm³/mol. The Hall–Kier alpha value is -3.31. The van der Waals surface area contributed by atoms with E-state index in [2.05, 4.69) is 24.8 Å². The number of ketones is 1. The average molecular weight is 345 g/mol. The number of anilines is 1. The van der Waals surface area contributed by atoms with Crippen molar-refractivity contribution in [1.82, 2.24) is 0 Å². The summed E-state index contributed by atoms with van der Waals surface area (Å²) in [5.74, 6) is 0.756. The minimum atomic E-state index is -0.264. The van der Waals surface area contributed by atoms with Crippen LogP contribution in [-0.4, -0.2) is 24.0 Å². The van der Waals surface area contributed by atoms with Crippen molar-refractivity contribution in [3.63, 3.8) is 0 Å². The molecule has 3 rings (SSSR count). The Labute approximate surface area is 153 Å². The highest BCUT2D eigenvalue weighted by atomic mass is 16.5. The van der Waals surface area contributed by atoms with E-state index in [1.54, 1.807) is 24.3 Å². The lowest BCUT2D eigenvalue weighted by atomic mass is 9.84. The molecule has 1 aliphatic rings. The number of hydrogen-bond acceptors (Lipinski definition) is 5. The molecule has 0 radical (unpaired) electrons. The fourth-order valence-electron chi connectivity index (χ4n) is 3.13. The molecule has 0 spiro atoms. The molecule has 2 aromatic rings.